The number of hydrogen-bond acceptors (Lipinski definition) is 4. The van der Waals surface area contributed by atoms with Crippen molar-refractivity contribution in [1.29, 1.82) is 0 Å². The van der Waals surface area contributed by atoms with Gasteiger partial charge in [-0.25, -0.2) is 4.79 Å². The van der Waals surface area contributed by atoms with E-state index in [4.69, 9.17) is 4.98 Å². The minimum atomic E-state index is -0.372. The van der Waals surface area contributed by atoms with Gasteiger partial charge in [-0.2, -0.15) is 4.98 Å². The Morgan fingerprint density at radius 3 is 2.44 bits per heavy atom. The van der Waals surface area contributed by atoms with E-state index in [0.29, 0.717) is 24.3 Å². The zero-order valence-corrected chi connectivity index (χ0v) is 19.2. The molecule has 0 unspecified atom stereocenters. The van der Waals surface area contributed by atoms with Crippen molar-refractivity contribution in [3.05, 3.63) is 104 Å². The van der Waals surface area contributed by atoms with Gasteiger partial charge in [0.15, 0.2) is 11.2 Å². The van der Waals surface area contributed by atoms with Gasteiger partial charge in [0.05, 0.1) is 6.54 Å². The van der Waals surface area contributed by atoms with Crippen molar-refractivity contribution in [3.8, 4) is 0 Å². The molecule has 5 aromatic rings. The molecule has 0 spiro atoms. The van der Waals surface area contributed by atoms with Gasteiger partial charge < -0.3 is 4.90 Å². The first-order valence-corrected chi connectivity index (χ1v) is 11.5. The van der Waals surface area contributed by atoms with Crippen molar-refractivity contribution in [2.24, 2.45) is 14.1 Å². The second kappa shape index (κ2) is 7.73. The third-order valence-electron chi connectivity index (χ3n) is 6.95. The van der Waals surface area contributed by atoms with Gasteiger partial charge in [0, 0.05) is 27.2 Å². The Morgan fingerprint density at radius 1 is 0.853 bits per heavy atom. The third-order valence-corrected chi connectivity index (χ3v) is 6.95. The van der Waals surface area contributed by atoms with Gasteiger partial charge in [0.25, 0.3) is 5.56 Å². The van der Waals surface area contributed by atoms with Crippen LogP contribution in [-0.4, -0.2) is 25.2 Å². The molecule has 3 aromatic carbocycles. The zero-order valence-electron chi connectivity index (χ0n) is 19.2. The Kier molecular flexibility index (Phi) is 4.65. The van der Waals surface area contributed by atoms with E-state index in [-0.39, 0.29) is 11.2 Å². The van der Waals surface area contributed by atoms with E-state index in [1.807, 2.05) is 22.8 Å². The molecule has 0 radical (unpaired) electrons. The molecule has 2 aromatic heterocycles. The Labute approximate surface area is 196 Å². The van der Waals surface area contributed by atoms with Crippen molar-refractivity contribution in [1.82, 2.24) is 18.7 Å². The number of benzene rings is 3. The maximum absolute atomic E-state index is 13.3. The SMILES string of the molecule is Cn1c(=O)c2c(nc(N3CCc4ccccc4C3)n2Cc2cccc3ccccc23)n(C)c1=O. The van der Waals surface area contributed by atoms with E-state index in [1.165, 1.54) is 27.3 Å². The van der Waals surface area contributed by atoms with Crippen molar-refractivity contribution in [3.63, 3.8) is 0 Å². The molecular weight excluding hydrogens is 426 g/mol. The predicted octanol–water partition coefficient (Wildman–Crippen LogP) is 3.20. The van der Waals surface area contributed by atoms with Crippen LogP contribution in [0.4, 0.5) is 5.95 Å². The second-order valence-electron chi connectivity index (χ2n) is 8.95. The summed E-state index contributed by atoms with van der Waals surface area (Å²) < 4.78 is 4.63. The number of imidazole rings is 1. The Balaban J connectivity index is 1.59. The van der Waals surface area contributed by atoms with Crippen molar-refractivity contribution >= 4 is 27.9 Å². The average molecular weight is 452 g/mol. The van der Waals surface area contributed by atoms with Crippen LogP contribution >= 0.6 is 0 Å². The number of aromatic nitrogens is 4. The van der Waals surface area contributed by atoms with Crippen LogP contribution < -0.4 is 16.1 Å². The highest BCUT2D eigenvalue weighted by atomic mass is 16.2. The van der Waals surface area contributed by atoms with Crippen LogP contribution in [0.2, 0.25) is 0 Å². The average Bonchev–Trinajstić information content (AvgIpc) is 3.25. The van der Waals surface area contributed by atoms with E-state index in [0.717, 1.165) is 35.2 Å². The Bertz CT molecular complexity index is 1690. The lowest BCUT2D eigenvalue weighted by molar-refractivity contribution is 0.675. The molecule has 1 aliphatic heterocycles. The molecule has 7 nitrogen and oxygen atoms in total. The molecule has 0 aliphatic carbocycles. The quantitative estimate of drug-likeness (QED) is 0.423. The first kappa shape index (κ1) is 20.5. The van der Waals surface area contributed by atoms with Crippen LogP contribution in [0.25, 0.3) is 21.9 Å². The molecule has 0 atom stereocenters. The van der Waals surface area contributed by atoms with E-state index in [2.05, 4.69) is 53.4 Å². The number of nitrogens with zero attached hydrogens (tertiary/aromatic N) is 5. The first-order valence-electron chi connectivity index (χ1n) is 11.5. The topological polar surface area (TPSA) is 65.1 Å². The van der Waals surface area contributed by atoms with E-state index in [1.54, 1.807) is 7.05 Å². The number of hydrogen-bond donors (Lipinski definition) is 0. The molecule has 0 fully saturated rings. The summed E-state index contributed by atoms with van der Waals surface area (Å²) in [6, 6.07) is 22.9. The standard InChI is InChI=1S/C27H25N5O2/c1-29-24-23(25(33)30(2)27(29)34)32(17-21-12-7-11-19-9-5-6-13-22(19)21)26(28-24)31-15-14-18-8-3-4-10-20(18)16-31/h3-13H,14-17H2,1-2H3. The fourth-order valence-corrected chi connectivity index (χ4v) is 5.09. The van der Waals surface area contributed by atoms with Gasteiger partial charge in [0.1, 0.15) is 0 Å². The monoisotopic (exact) mass is 451 g/mol. The van der Waals surface area contributed by atoms with Gasteiger partial charge in [-0.3, -0.25) is 18.5 Å². The lowest BCUT2D eigenvalue weighted by Crippen LogP contribution is -2.37. The van der Waals surface area contributed by atoms with Gasteiger partial charge in [0.2, 0.25) is 5.95 Å². The maximum atomic E-state index is 13.3. The van der Waals surface area contributed by atoms with Crippen LogP contribution in [0.1, 0.15) is 16.7 Å². The van der Waals surface area contributed by atoms with Gasteiger partial charge in [-0.05, 0) is 33.9 Å². The summed E-state index contributed by atoms with van der Waals surface area (Å²) in [6.45, 7) is 1.99. The highest BCUT2D eigenvalue weighted by Crippen LogP contribution is 2.28. The summed E-state index contributed by atoms with van der Waals surface area (Å²) >= 11 is 0. The van der Waals surface area contributed by atoms with Gasteiger partial charge in [-0.1, -0.05) is 66.7 Å². The molecule has 3 heterocycles. The van der Waals surface area contributed by atoms with E-state index < -0.39 is 0 Å². The fourth-order valence-electron chi connectivity index (χ4n) is 5.09. The number of rotatable bonds is 3. The van der Waals surface area contributed by atoms with Crippen LogP contribution in [0.15, 0.2) is 76.3 Å². The zero-order chi connectivity index (χ0) is 23.4. The van der Waals surface area contributed by atoms with Crippen molar-refractivity contribution in [2.45, 2.75) is 19.5 Å². The molecule has 0 saturated carbocycles. The molecule has 0 saturated heterocycles. The fraction of sp³-hybridized carbons (Fsp3) is 0.222. The highest BCUT2D eigenvalue weighted by molar-refractivity contribution is 5.86. The van der Waals surface area contributed by atoms with E-state index in [9.17, 15) is 9.59 Å². The van der Waals surface area contributed by atoms with Gasteiger partial charge >= 0.3 is 5.69 Å². The van der Waals surface area contributed by atoms with Crippen LogP contribution in [0.5, 0.6) is 0 Å². The summed E-state index contributed by atoms with van der Waals surface area (Å²) in [7, 11) is 3.20. The normalized spacial score (nSPS) is 13.5. The van der Waals surface area contributed by atoms with Crippen LogP contribution in [-0.2, 0) is 33.6 Å². The molecule has 0 amide bonds. The third kappa shape index (κ3) is 3.08. The van der Waals surface area contributed by atoms with E-state index >= 15 is 0 Å². The Morgan fingerprint density at radius 2 is 1.59 bits per heavy atom. The highest BCUT2D eigenvalue weighted by Gasteiger charge is 2.25. The summed E-state index contributed by atoms with van der Waals surface area (Å²) in [4.78, 5) is 33.1. The van der Waals surface area contributed by atoms with Crippen LogP contribution in [0, 0.1) is 0 Å². The number of anilines is 1. The Hall–Kier alpha value is -4.13. The lowest BCUT2D eigenvalue weighted by atomic mass is 10.0. The molecule has 6 rings (SSSR count). The summed E-state index contributed by atoms with van der Waals surface area (Å²) in [6.07, 6.45) is 0.907. The lowest BCUT2D eigenvalue weighted by Gasteiger charge is -2.30. The minimum absolute atomic E-state index is 0.325. The molecular formula is C27H25N5O2. The van der Waals surface area contributed by atoms with Crippen molar-refractivity contribution in [2.75, 3.05) is 11.4 Å². The summed E-state index contributed by atoms with van der Waals surface area (Å²) in [5, 5.41) is 2.29. The van der Waals surface area contributed by atoms with Crippen molar-refractivity contribution < 1.29 is 0 Å². The minimum Gasteiger partial charge on any atom is -0.337 e. The number of fused-ring (bicyclic) bond motifs is 3. The second-order valence-corrected chi connectivity index (χ2v) is 8.95. The predicted molar refractivity (Wildman–Crippen MR) is 134 cm³/mol. The summed E-state index contributed by atoms with van der Waals surface area (Å²) in [5.74, 6) is 0.718. The smallest absolute Gasteiger partial charge is 0.332 e. The maximum Gasteiger partial charge on any atom is 0.332 e. The molecule has 7 heteroatoms. The molecule has 34 heavy (non-hydrogen) atoms. The molecule has 0 bridgehead atoms. The molecule has 1 aliphatic rings. The van der Waals surface area contributed by atoms with Crippen LogP contribution in [0.3, 0.4) is 0 Å². The number of aryl methyl sites for hydroxylation is 1. The largest absolute Gasteiger partial charge is 0.337 e. The summed E-state index contributed by atoms with van der Waals surface area (Å²) in [5.41, 5.74) is 3.89. The molecule has 170 valence electrons. The molecule has 0 N–H and O–H groups in total. The van der Waals surface area contributed by atoms with Gasteiger partial charge in [-0.15, -0.1) is 0 Å². The first-order chi connectivity index (χ1) is 16.5.